The van der Waals surface area contributed by atoms with Crippen molar-refractivity contribution in [3.05, 3.63) is 35.4 Å². The molecular weight excluding hydrogens is 354 g/mol. The number of ether oxygens (including phenoxy) is 3. The fourth-order valence-corrected chi connectivity index (χ4v) is 5.81. The van der Waals surface area contributed by atoms with Crippen LogP contribution in [0.1, 0.15) is 45.1 Å². The number of rotatable bonds is 4. The average molecular weight is 384 g/mol. The van der Waals surface area contributed by atoms with E-state index in [0.717, 1.165) is 31.0 Å². The van der Waals surface area contributed by atoms with Gasteiger partial charge < -0.3 is 19.5 Å². The van der Waals surface area contributed by atoms with Gasteiger partial charge in [-0.15, -0.1) is 0 Å². The lowest BCUT2D eigenvalue weighted by molar-refractivity contribution is -0.674. The molecule has 2 fully saturated rings. The molecule has 0 amide bonds. The molecule has 2 heterocycles. The molecule has 1 saturated carbocycles. The van der Waals surface area contributed by atoms with Crippen LogP contribution in [-0.4, -0.2) is 25.4 Å². The monoisotopic (exact) mass is 384 g/mol. The summed E-state index contributed by atoms with van der Waals surface area (Å²) in [5, 5.41) is 2.22. The van der Waals surface area contributed by atoms with Crippen LogP contribution in [0.15, 0.2) is 29.8 Å². The van der Waals surface area contributed by atoms with Gasteiger partial charge in [0.25, 0.3) is 0 Å². The number of esters is 1. The Balaban J connectivity index is 1.27. The zero-order valence-corrected chi connectivity index (χ0v) is 16.8. The summed E-state index contributed by atoms with van der Waals surface area (Å²) in [5.74, 6) is 2.45. The third-order valence-corrected chi connectivity index (χ3v) is 7.32. The Morgan fingerprint density at radius 3 is 3.00 bits per heavy atom. The minimum absolute atomic E-state index is 0.0105. The van der Waals surface area contributed by atoms with E-state index in [-0.39, 0.29) is 29.3 Å². The second-order valence-electron chi connectivity index (χ2n) is 9.26. The molecule has 5 heteroatoms. The zero-order valence-electron chi connectivity index (χ0n) is 16.8. The van der Waals surface area contributed by atoms with Gasteiger partial charge in [-0.25, -0.2) is 0 Å². The lowest BCUT2D eigenvalue weighted by atomic mass is 9.59. The van der Waals surface area contributed by atoms with E-state index in [4.69, 9.17) is 14.2 Å². The number of fused-ring (bicyclic) bond motifs is 3. The Morgan fingerprint density at radius 1 is 1.25 bits per heavy atom. The number of hydrogen-bond acceptors (Lipinski definition) is 4. The molecule has 1 aromatic rings. The Labute approximate surface area is 166 Å². The van der Waals surface area contributed by atoms with E-state index in [1.54, 1.807) is 5.57 Å². The molecule has 5 nitrogen and oxygen atoms in total. The quantitative estimate of drug-likeness (QED) is 0.641. The standard InChI is InChI=1S/C23H29NO4/c1-14-4-3-7-23(2)10-21-16(9-18(14)23)17(22(25)28-21)12-24-11-15-5-6-19-20(8-15)27-13-26-19/h5-6,8-9,14,16-17,21,24H,3-4,7,10-13H2,1-2H3/p+1/t14-,16-,17+,21-,23-/m1/s1. The van der Waals surface area contributed by atoms with E-state index in [0.29, 0.717) is 12.7 Å². The third-order valence-electron chi connectivity index (χ3n) is 7.32. The number of quaternary nitrogens is 1. The molecule has 0 spiro atoms. The first-order chi connectivity index (χ1) is 13.5. The molecule has 0 radical (unpaired) electrons. The molecule has 5 rings (SSSR count). The number of hydrogen-bond donors (Lipinski definition) is 1. The maximum atomic E-state index is 12.6. The van der Waals surface area contributed by atoms with Crippen LogP contribution in [0.5, 0.6) is 11.5 Å². The Morgan fingerprint density at radius 2 is 2.11 bits per heavy atom. The molecule has 2 aliphatic carbocycles. The molecule has 1 aromatic carbocycles. The van der Waals surface area contributed by atoms with Gasteiger partial charge in [-0.05, 0) is 48.8 Å². The Bertz CT molecular complexity index is 819. The first-order valence-electron chi connectivity index (χ1n) is 10.7. The predicted octanol–water partition coefficient (Wildman–Crippen LogP) is 2.79. The van der Waals surface area contributed by atoms with Gasteiger partial charge in [-0.1, -0.05) is 31.9 Å². The molecule has 1 saturated heterocycles. The van der Waals surface area contributed by atoms with E-state index in [2.05, 4.69) is 31.3 Å². The second-order valence-corrected chi connectivity index (χ2v) is 9.26. The number of nitrogens with two attached hydrogens (primary N) is 1. The highest BCUT2D eigenvalue weighted by Crippen LogP contribution is 2.53. The highest BCUT2D eigenvalue weighted by atomic mass is 16.7. The Hall–Kier alpha value is -2.01. The first kappa shape index (κ1) is 18.0. The van der Waals surface area contributed by atoms with Gasteiger partial charge in [0.2, 0.25) is 6.79 Å². The minimum Gasteiger partial charge on any atom is -0.461 e. The molecule has 150 valence electrons. The van der Waals surface area contributed by atoms with Crippen LogP contribution in [0.4, 0.5) is 0 Å². The van der Waals surface area contributed by atoms with E-state index in [1.165, 1.54) is 24.8 Å². The zero-order chi connectivity index (χ0) is 19.3. The molecule has 0 bridgehead atoms. The lowest BCUT2D eigenvalue weighted by Crippen LogP contribution is -2.84. The summed E-state index contributed by atoms with van der Waals surface area (Å²) in [4.78, 5) is 12.6. The van der Waals surface area contributed by atoms with Crippen molar-refractivity contribution in [2.24, 2.45) is 23.2 Å². The fourth-order valence-electron chi connectivity index (χ4n) is 5.81. The number of carbonyl (C=O) groups excluding carboxylic acids is 1. The van der Waals surface area contributed by atoms with Crippen LogP contribution >= 0.6 is 0 Å². The van der Waals surface area contributed by atoms with Crippen molar-refractivity contribution in [2.75, 3.05) is 13.3 Å². The summed E-state index contributed by atoms with van der Waals surface area (Å²) >= 11 is 0. The van der Waals surface area contributed by atoms with Crippen molar-refractivity contribution in [2.45, 2.75) is 52.2 Å². The lowest BCUT2D eigenvalue weighted by Gasteiger charge is -2.45. The highest BCUT2D eigenvalue weighted by molar-refractivity contribution is 5.76. The largest absolute Gasteiger partial charge is 0.461 e. The predicted molar refractivity (Wildman–Crippen MR) is 104 cm³/mol. The van der Waals surface area contributed by atoms with Crippen LogP contribution in [0.25, 0.3) is 0 Å². The van der Waals surface area contributed by atoms with Crippen molar-refractivity contribution >= 4 is 5.97 Å². The normalized spacial score (nSPS) is 35.8. The molecule has 0 unspecified atom stereocenters. The molecule has 2 aliphatic heterocycles. The van der Waals surface area contributed by atoms with E-state index >= 15 is 0 Å². The van der Waals surface area contributed by atoms with Gasteiger partial charge in [0.1, 0.15) is 18.6 Å². The fraction of sp³-hybridized carbons (Fsp3) is 0.609. The molecule has 28 heavy (non-hydrogen) atoms. The summed E-state index contributed by atoms with van der Waals surface area (Å²) in [6.07, 6.45) is 7.28. The number of carbonyl (C=O) groups is 1. The topological polar surface area (TPSA) is 61.4 Å². The maximum absolute atomic E-state index is 12.6. The van der Waals surface area contributed by atoms with Crippen molar-refractivity contribution in [1.82, 2.24) is 0 Å². The molecule has 2 N–H and O–H groups in total. The van der Waals surface area contributed by atoms with Crippen molar-refractivity contribution in [3.8, 4) is 11.5 Å². The van der Waals surface area contributed by atoms with Crippen LogP contribution in [0.3, 0.4) is 0 Å². The first-order valence-corrected chi connectivity index (χ1v) is 10.7. The maximum Gasteiger partial charge on any atom is 0.315 e. The van der Waals surface area contributed by atoms with E-state index < -0.39 is 0 Å². The molecule has 4 aliphatic rings. The SMILES string of the molecule is C[C@@H]1CCC[C@]2(C)C[C@H]3OC(=O)[C@@H](C[NH2+]Cc4ccc5c(c4)OCO5)[C@H]3C=C12. The van der Waals surface area contributed by atoms with Crippen LogP contribution < -0.4 is 14.8 Å². The van der Waals surface area contributed by atoms with Crippen molar-refractivity contribution < 1.29 is 24.3 Å². The van der Waals surface area contributed by atoms with Gasteiger partial charge in [0, 0.05) is 11.5 Å². The van der Waals surface area contributed by atoms with E-state index in [1.807, 2.05) is 12.1 Å². The number of benzene rings is 1. The summed E-state index contributed by atoms with van der Waals surface area (Å²) in [6, 6.07) is 6.06. The van der Waals surface area contributed by atoms with Gasteiger partial charge in [-0.2, -0.15) is 0 Å². The van der Waals surface area contributed by atoms with Gasteiger partial charge in [0.15, 0.2) is 11.5 Å². The van der Waals surface area contributed by atoms with Crippen LogP contribution in [0, 0.1) is 23.2 Å². The van der Waals surface area contributed by atoms with Crippen LogP contribution in [-0.2, 0) is 16.1 Å². The minimum atomic E-state index is -0.0369. The van der Waals surface area contributed by atoms with Gasteiger partial charge in [-0.3, -0.25) is 4.79 Å². The second kappa shape index (κ2) is 6.80. The average Bonchev–Trinajstić information content (AvgIpc) is 3.24. The summed E-state index contributed by atoms with van der Waals surface area (Å²) < 4.78 is 16.7. The number of allylic oxidation sites excluding steroid dienone is 1. The Kier molecular flexibility index (Phi) is 4.38. The molecule has 5 atom stereocenters. The smallest absolute Gasteiger partial charge is 0.315 e. The molecule has 0 aromatic heterocycles. The molecular formula is C23H30NO4+. The highest BCUT2D eigenvalue weighted by Gasteiger charge is 2.52. The summed E-state index contributed by atoms with van der Waals surface area (Å²) in [5.41, 5.74) is 2.99. The summed E-state index contributed by atoms with van der Waals surface area (Å²) in [7, 11) is 0. The van der Waals surface area contributed by atoms with E-state index in [9.17, 15) is 4.79 Å². The summed E-state index contributed by atoms with van der Waals surface area (Å²) in [6.45, 7) is 6.61. The van der Waals surface area contributed by atoms with Crippen molar-refractivity contribution in [1.29, 1.82) is 0 Å². The van der Waals surface area contributed by atoms with Gasteiger partial charge >= 0.3 is 5.97 Å². The van der Waals surface area contributed by atoms with Crippen LogP contribution in [0.2, 0.25) is 0 Å². The third kappa shape index (κ3) is 3.00. The van der Waals surface area contributed by atoms with Gasteiger partial charge in [0.05, 0.1) is 6.54 Å². The van der Waals surface area contributed by atoms with Crippen molar-refractivity contribution in [3.63, 3.8) is 0 Å².